The van der Waals surface area contributed by atoms with Gasteiger partial charge in [-0.25, -0.2) is 4.79 Å². The Kier molecular flexibility index (Phi) is 4.84. The fourth-order valence-corrected chi connectivity index (χ4v) is 3.23. The van der Waals surface area contributed by atoms with E-state index in [1.165, 1.54) is 6.42 Å². The standard InChI is InChI=1S/C18H25N3O2/c1-20(15-9-5-10-15)18(23)19-16(14-7-3-2-4-8-14)13-21-12-6-11-17(21)22/h2-4,7-8,15-16H,5-6,9-13H2,1H3,(H,19,23)/t16-/m0/s1. The molecular weight excluding hydrogens is 290 g/mol. The molecule has 1 heterocycles. The molecule has 0 spiro atoms. The highest BCUT2D eigenvalue weighted by molar-refractivity contribution is 5.78. The number of carbonyl (C=O) groups excluding carboxylic acids is 2. The van der Waals surface area contributed by atoms with Gasteiger partial charge in [0.25, 0.3) is 0 Å². The Labute approximate surface area is 137 Å². The number of hydrogen-bond donors (Lipinski definition) is 1. The lowest BCUT2D eigenvalue weighted by molar-refractivity contribution is -0.128. The van der Waals surface area contributed by atoms with Crippen molar-refractivity contribution in [3.63, 3.8) is 0 Å². The lowest BCUT2D eigenvalue weighted by Crippen LogP contribution is -2.49. The number of nitrogens with one attached hydrogen (secondary N) is 1. The van der Waals surface area contributed by atoms with Gasteiger partial charge in [0.15, 0.2) is 0 Å². The summed E-state index contributed by atoms with van der Waals surface area (Å²) in [6, 6.07) is 10.1. The van der Waals surface area contributed by atoms with E-state index in [1.807, 2.05) is 47.2 Å². The first kappa shape index (κ1) is 15.8. The molecule has 1 saturated heterocycles. The summed E-state index contributed by atoms with van der Waals surface area (Å²) in [5.74, 6) is 0.188. The molecule has 23 heavy (non-hydrogen) atoms. The van der Waals surface area contributed by atoms with Gasteiger partial charge in [0.05, 0.1) is 6.04 Å². The molecule has 1 saturated carbocycles. The molecule has 3 rings (SSSR count). The lowest BCUT2D eigenvalue weighted by Gasteiger charge is -2.36. The SMILES string of the molecule is CN(C(=O)N[C@@H](CN1CCCC1=O)c1ccccc1)C1CCC1. The molecule has 1 aliphatic heterocycles. The van der Waals surface area contributed by atoms with Crippen LogP contribution in [0.2, 0.25) is 0 Å². The van der Waals surface area contributed by atoms with Gasteiger partial charge in [0, 0.05) is 32.6 Å². The van der Waals surface area contributed by atoms with Crippen LogP contribution in [0.25, 0.3) is 0 Å². The maximum atomic E-state index is 12.5. The van der Waals surface area contributed by atoms with Crippen molar-refractivity contribution in [3.8, 4) is 0 Å². The van der Waals surface area contributed by atoms with Gasteiger partial charge in [-0.3, -0.25) is 4.79 Å². The summed E-state index contributed by atoms with van der Waals surface area (Å²) in [4.78, 5) is 28.1. The van der Waals surface area contributed by atoms with Crippen LogP contribution in [-0.2, 0) is 4.79 Å². The highest BCUT2D eigenvalue weighted by atomic mass is 16.2. The van der Waals surface area contributed by atoms with Crippen molar-refractivity contribution >= 4 is 11.9 Å². The minimum Gasteiger partial charge on any atom is -0.340 e. The fourth-order valence-electron chi connectivity index (χ4n) is 3.23. The zero-order chi connectivity index (χ0) is 16.2. The van der Waals surface area contributed by atoms with E-state index in [0.717, 1.165) is 31.4 Å². The summed E-state index contributed by atoms with van der Waals surface area (Å²) in [6.07, 6.45) is 4.91. The van der Waals surface area contributed by atoms with Crippen molar-refractivity contribution in [2.75, 3.05) is 20.1 Å². The zero-order valence-corrected chi connectivity index (χ0v) is 13.7. The predicted molar refractivity (Wildman–Crippen MR) is 88.9 cm³/mol. The van der Waals surface area contributed by atoms with Crippen LogP contribution in [-0.4, -0.2) is 47.9 Å². The minimum atomic E-state index is -0.159. The average molecular weight is 315 g/mol. The summed E-state index contributed by atoms with van der Waals surface area (Å²) in [5, 5.41) is 3.12. The van der Waals surface area contributed by atoms with Gasteiger partial charge in [-0.1, -0.05) is 30.3 Å². The number of urea groups is 1. The van der Waals surface area contributed by atoms with Gasteiger partial charge in [-0.2, -0.15) is 0 Å². The molecule has 1 aromatic carbocycles. The molecule has 1 aliphatic carbocycles. The molecule has 2 aliphatic rings. The number of carbonyl (C=O) groups is 2. The molecule has 124 valence electrons. The van der Waals surface area contributed by atoms with Crippen molar-refractivity contribution in [1.29, 1.82) is 0 Å². The van der Waals surface area contributed by atoms with Crippen molar-refractivity contribution in [2.24, 2.45) is 0 Å². The van der Waals surface area contributed by atoms with Gasteiger partial charge in [-0.15, -0.1) is 0 Å². The number of amides is 3. The molecule has 0 unspecified atom stereocenters. The van der Waals surface area contributed by atoms with Crippen LogP contribution in [0.4, 0.5) is 4.79 Å². The third kappa shape index (κ3) is 3.66. The number of likely N-dealkylation sites (tertiary alicyclic amines) is 1. The Bertz CT molecular complexity index is 557. The highest BCUT2D eigenvalue weighted by Gasteiger charge is 2.29. The topological polar surface area (TPSA) is 52.7 Å². The predicted octanol–water partition coefficient (Wildman–Crippen LogP) is 2.54. The molecule has 5 nitrogen and oxygen atoms in total. The van der Waals surface area contributed by atoms with E-state index < -0.39 is 0 Å². The van der Waals surface area contributed by atoms with Crippen LogP contribution >= 0.6 is 0 Å². The van der Waals surface area contributed by atoms with Gasteiger partial charge in [-0.05, 0) is 31.2 Å². The van der Waals surface area contributed by atoms with E-state index in [1.54, 1.807) is 0 Å². The van der Waals surface area contributed by atoms with Gasteiger partial charge < -0.3 is 15.1 Å². The smallest absolute Gasteiger partial charge is 0.317 e. The second-order valence-corrected chi connectivity index (χ2v) is 6.55. The van der Waals surface area contributed by atoms with Crippen molar-refractivity contribution < 1.29 is 9.59 Å². The van der Waals surface area contributed by atoms with Crippen LogP contribution < -0.4 is 5.32 Å². The van der Waals surface area contributed by atoms with E-state index in [0.29, 0.717) is 19.0 Å². The van der Waals surface area contributed by atoms with Gasteiger partial charge in [0.2, 0.25) is 5.91 Å². The third-order valence-electron chi connectivity index (χ3n) is 5.02. The van der Waals surface area contributed by atoms with Crippen molar-refractivity contribution in [2.45, 2.75) is 44.2 Å². The Morgan fingerprint density at radius 2 is 2.04 bits per heavy atom. The normalized spacial score (nSPS) is 19.3. The van der Waals surface area contributed by atoms with Gasteiger partial charge >= 0.3 is 6.03 Å². The molecule has 1 aromatic rings. The monoisotopic (exact) mass is 315 g/mol. The zero-order valence-electron chi connectivity index (χ0n) is 13.7. The lowest BCUT2D eigenvalue weighted by atomic mass is 9.92. The van der Waals surface area contributed by atoms with E-state index in [-0.39, 0.29) is 18.0 Å². The Morgan fingerprint density at radius 3 is 2.61 bits per heavy atom. The number of rotatable bonds is 5. The molecule has 1 N–H and O–H groups in total. The molecular formula is C18H25N3O2. The van der Waals surface area contributed by atoms with E-state index in [9.17, 15) is 9.59 Å². The maximum Gasteiger partial charge on any atom is 0.317 e. The fraction of sp³-hybridized carbons (Fsp3) is 0.556. The summed E-state index contributed by atoms with van der Waals surface area (Å²) >= 11 is 0. The number of benzene rings is 1. The summed E-state index contributed by atoms with van der Waals surface area (Å²) < 4.78 is 0. The van der Waals surface area contributed by atoms with Crippen LogP contribution in [0.15, 0.2) is 30.3 Å². The second kappa shape index (κ2) is 7.02. The average Bonchev–Trinajstić information content (AvgIpc) is 2.91. The minimum absolute atomic E-state index is 0.0461. The molecule has 0 radical (unpaired) electrons. The molecule has 5 heteroatoms. The Balaban J connectivity index is 1.69. The van der Waals surface area contributed by atoms with Crippen LogP contribution in [0.3, 0.4) is 0 Å². The Morgan fingerprint density at radius 1 is 1.30 bits per heavy atom. The first-order valence-corrected chi connectivity index (χ1v) is 8.51. The number of hydrogen-bond acceptors (Lipinski definition) is 2. The molecule has 3 amide bonds. The Hall–Kier alpha value is -2.04. The summed E-state index contributed by atoms with van der Waals surface area (Å²) in [6.45, 7) is 1.34. The second-order valence-electron chi connectivity index (χ2n) is 6.55. The summed E-state index contributed by atoms with van der Waals surface area (Å²) in [5.41, 5.74) is 1.04. The first-order chi connectivity index (χ1) is 11.1. The highest BCUT2D eigenvalue weighted by Crippen LogP contribution is 2.24. The maximum absolute atomic E-state index is 12.5. The first-order valence-electron chi connectivity index (χ1n) is 8.51. The quantitative estimate of drug-likeness (QED) is 0.908. The molecule has 0 aromatic heterocycles. The van der Waals surface area contributed by atoms with E-state index in [4.69, 9.17) is 0 Å². The van der Waals surface area contributed by atoms with Crippen LogP contribution in [0.5, 0.6) is 0 Å². The van der Waals surface area contributed by atoms with Gasteiger partial charge in [0.1, 0.15) is 0 Å². The molecule has 1 atom stereocenters. The summed E-state index contributed by atoms with van der Waals surface area (Å²) in [7, 11) is 1.86. The van der Waals surface area contributed by atoms with Crippen LogP contribution in [0, 0.1) is 0 Å². The van der Waals surface area contributed by atoms with Crippen LogP contribution in [0.1, 0.15) is 43.7 Å². The number of nitrogens with zero attached hydrogens (tertiary/aromatic N) is 2. The van der Waals surface area contributed by atoms with Crippen molar-refractivity contribution in [1.82, 2.24) is 15.1 Å². The third-order valence-corrected chi connectivity index (χ3v) is 5.02. The molecule has 2 fully saturated rings. The van der Waals surface area contributed by atoms with E-state index >= 15 is 0 Å². The largest absolute Gasteiger partial charge is 0.340 e. The van der Waals surface area contributed by atoms with E-state index in [2.05, 4.69) is 5.32 Å². The molecule has 0 bridgehead atoms. The van der Waals surface area contributed by atoms with Crippen molar-refractivity contribution in [3.05, 3.63) is 35.9 Å².